The molecule has 120 valence electrons. The Morgan fingerprint density at radius 3 is 2.39 bits per heavy atom. The van der Waals surface area contributed by atoms with E-state index in [1.54, 1.807) is 43.3 Å². The highest BCUT2D eigenvalue weighted by Gasteiger charge is 2.15. The van der Waals surface area contributed by atoms with Crippen molar-refractivity contribution in [2.24, 2.45) is 0 Å². The first-order chi connectivity index (χ1) is 10.9. The summed E-state index contributed by atoms with van der Waals surface area (Å²) in [4.78, 5) is 23.2. The lowest BCUT2D eigenvalue weighted by molar-refractivity contribution is -0.122. The minimum Gasteiger partial charge on any atom is -0.481 e. The fraction of sp³-hybridized carbons (Fsp3) is 0.176. The standard InChI is InChI=1S/C17H17BrN2O3/c1-11(17(22)20-14-8-6-13(18)7-9-14)23-16-5-3-4-15(10-16)19-12(2)21/h3-11H,1-2H3,(H,19,21)(H,20,22)/t11-/m0/s1. The number of halogens is 1. The molecule has 0 aromatic heterocycles. The third-order valence-electron chi connectivity index (χ3n) is 2.95. The Hall–Kier alpha value is -2.34. The normalized spacial score (nSPS) is 11.4. The summed E-state index contributed by atoms with van der Waals surface area (Å²) in [5, 5.41) is 5.45. The van der Waals surface area contributed by atoms with Gasteiger partial charge < -0.3 is 15.4 Å². The van der Waals surface area contributed by atoms with Crippen LogP contribution in [0.3, 0.4) is 0 Å². The first-order valence-corrected chi connectivity index (χ1v) is 7.84. The summed E-state index contributed by atoms with van der Waals surface area (Å²) >= 11 is 3.34. The Labute approximate surface area is 143 Å². The first kappa shape index (κ1) is 17.0. The topological polar surface area (TPSA) is 67.4 Å². The second kappa shape index (κ2) is 7.78. The van der Waals surface area contributed by atoms with E-state index in [1.807, 2.05) is 12.1 Å². The molecule has 0 saturated carbocycles. The number of benzene rings is 2. The van der Waals surface area contributed by atoms with E-state index in [1.165, 1.54) is 6.92 Å². The van der Waals surface area contributed by atoms with Crippen molar-refractivity contribution in [2.45, 2.75) is 20.0 Å². The van der Waals surface area contributed by atoms with Gasteiger partial charge in [0.25, 0.3) is 5.91 Å². The van der Waals surface area contributed by atoms with E-state index in [-0.39, 0.29) is 11.8 Å². The van der Waals surface area contributed by atoms with E-state index in [0.29, 0.717) is 17.1 Å². The summed E-state index contributed by atoms with van der Waals surface area (Å²) in [6.07, 6.45) is -0.675. The Morgan fingerprint density at radius 2 is 1.74 bits per heavy atom. The fourth-order valence-corrected chi connectivity index (χ4v) is 2.15. The van der Waals surface area contributed by atoms with Crippen LogP contribution in [0.4, 0.5) is 11.4 Å². The highest BCUT2D eigenvalue weighted by molar-refractivity contribution is 9.10. The Morgan fingerprint density at radius 1 is 1.04 bits per heavy atom. The SMILES string of the molecule is CC(=O)Nc1cccc(O[C@@H](C)C(=O)Nc2ccc(Br)cc2)c1. The summed E-state index contributed by atoms with van der Waals surface area (Å²) in [5.41, 5.74) is 1.32. The maximum Gasteiger partial charge on any atom is 0.265 e. The number of anilines is 2. The predicted molar refractivity (Wildman–Crippen MR) is 93.6 cm³/mol. The van der Waals surface area contributed by atoms with Crippen LogP contribution in [0.15, 0.2) is 53.0 Å². The molecule has 0 bridgehead atoms. The van der Waals surface area contributed by atoms with Crippen LogP contribution < -0.4 is 15.4 Å². The van der Waals surface area contributed by atoms with Gasteiger partial charge in [-0.1, -0.05) is 22.0 Å². The molecular formula is C17H17BrN2O3. The molecule has 1 atom stereocenters. The van der Waals surface area contributed by atoms with Crippen molar-refractivity contribution in [3.63, 3.8) is 0 Å². The molecule has 0 spiro atoms. The Balaban J connectivity index is 1.97. The van der Waals surface area contributed by atoms with Crippen LogP contribution in [0, 0.1) is 0 Å². The number of carbonyl (C=O) groups excluding carboxylic acids is 2. The maximum absolute atomic E-state index is 12.1. The van der Waals surface area contributed by atoms with Crippen molar-refractivity contribution >= 4 is 39.1 Å². The van der Waals surface area contributed by atoms with Crippen LogP contribution >= 0.6 is 15.9 Å². The lowest BCUT2D eigenvalue weighted by atomic mass is 10.2. The number of nitrogens with one attached hydrogen (secondary N) is 2. The lowest BCUT2D eigenvalue weighted by Gasteiger charge is -2.15. The van der Waals surface area contributed by atoms with Crippen LogP contribution in [0.1, 0.15) is 13.8 Å². The third-order valence-corrected chi connectivity index (χ3v) is 3.48. The highest BCUT2D eigenvalue weighted by Crippen LogP contribution is 2.19. The monoisotopic (exact) mass is 376 g/mol. The molecule has 2 N–H and O–H groups in total. The van der Waals surface area contributed by atoms with Crippen molar-refractivity contribution in [1.82, 2.24) is 0 Å². The summed E-state index contributed by atoms with van der Waals surface area (Å²) in [7, 11) is 0. The molecule has 0 aliphatic rings. The molecule has 0 heterocycles. The number of ether oxygens (including phenoxy) is 1. The molecule has 2 amide bonds. The number of carbonyl (C=O) groups is 2. The zero-order valence-electron chi connectivity index (χ0n) is 12.8. The van der Waals surface area contributed by atoms with E-state index >= 15 is 0 Å². The molecule has 0 saturated heterocycles. The quantitative estimate of drug-likeness (QED) is 0.833. The summed E-state index contributed by atoms with van der Waals surface area (Å²) < 4.78 is 6.56. The molecule has 0 unspecified atom stereocenters. The van der Waals surface area contributed by atoms with Crippen LogP contribution in [-0.4, -0.2) is 17.9 Å². The minimum atomic E-state index is -0.675. The smallest absolute Gasteiger partial charge is 0.265 e. The molecule has 0 radical (unpaired) electrons. The van der Waals surface area contributed by atoms with Crippen LogP contribution in [-0.2, 0) is 9.59 Å². The van der Waals surface area contributed by atoms with Gasteiger partial charge in [0.05, 0.1) is 0 Å². The van der Waals surface area contributed by atoms with Crippen LogP contribution in [0.25, 0.3) is 0 Å². The molecule has 0 fully saturated rings. The van der Waals surface area contributed by atoms with Crippen molar-refractivity contribution in [2.75, 3.05) is 10.6 Å². The zero-order chi connectivity index (χ0) is 16.8. The molecule has 2 rings (SSSR count). The predicted octanol–water partition coefficient (Wildman–Crippen LogP) is 3.81. The molecular weight excluding hydrogens is 360 g/mol. The van der Waals surface area contributed by atoms with Crippen molar-refractivity contribution < 1.29 is 14.3 Å². The highest BCUT2D eigenvalue weighted by atomic mass is 79.9. The van der Waals surface area contributed by atoms with Gasteiger partial charge in [-0.05, 0) is 43.3 Å². The van der Waals surface area contributed by atoms with Gasteiger partial charge in [-0.25, -0.2) is 0 Å². The zero-order valence-corrected chi connectivity index (χ0v) is 14.4. The van der Waals surface area contributed by atoms with Gasteiger partial charge in [0, 0.05) is 28.8 Å². The molecule has 6 heteroatoms. The van der Waals surface area contributed by atoms with Gasteiger partial charge in [0.2, 0.25) is 5.91 Å². The van der Waals surface area contributed by atoms with Gasteiger partial charge in [-0.3, -0.25) is 9.59 Å². The summed E-state index contributed by atoms with van der Waals surface area (Å²) in [6.45, 7) is 3.10. The van der Waals surface area contributed by atoms with E-state index in [0.717, 1.165) is 4.47 Å². The molecule has 5 nitrogen and oxygen atoms in total. The maximum atomic E-state index is 12.1. The molecule has 2 aromatic rings. The van der Waals surface area contributed by atoms with Gasteiger partial charge in [0.15, 0.2) is 6.10 Å². The second-order valence-corrected chi connectivity index (χ2v) is 5.88. The number of hydrogen-bond donors (Lipinski definition) is 2. The fourth-order valence-electron chi connectivity index (χ4n) is 1.89. The Kier molecular flexibility index (Phi) is 5.76. The average Bonchev–Trinajstić information content (AvgIpc) is 2.49. The average molecular weight is 377 g/mol. The van der Waals surface area contributed by atoms with E-state index in [4.69, 9.17) is 4.74 Å². The number of hydrogen-bond acceptors (Lipinski definition) is 3. The second-order valence-electron chi connectivity index (χ2n) is 4.97. The molecule has 2 aromatic carbocycles. The summed E-state index contributed by atoms with van der Waals surface area (Å²) in [5.74, 6) is 0.0927. The van der Waals surface area contributed by atoms with E-state index < -0.39 is 6.10 Å². The van der Waals surface area contributed by atoms with Gasteiger partial charge in [-0.2, -0.15) is 0 Å². The first-order valence-electron chi connectivity index (χ1n) is 7.05. The van der Waals surface area contributed by atoms with Gasteiger partial charge in [0.1, 0.15) is 5.75 Å². The van der Waals surface area contributed by atoms with Crippen LogP contribution in [0.5, 0.6) is 5.75 Å². The van der Waals surface area contributed by atoms with E-state index in [9.17, 15) is 9.59 Å². The number of amides is 2. The lowest BCUT2D eigenvalue weighted by Crippen LogP contribution is -2.30. The van der Waals surface area contributed by atoms with Gasteiger partial charge >= 0.3 is 0 Å². The minimum absolute atomic E-state index is 0.164. The largest absolute Gasteiger partial charge is 0.481 e. The van der Waals surface area contributed by atoms with Crippen molar-refractivity contribution in [3.8, 4) is 5.75 Å². The van der Waals surface area contributed by atoms with Crippen LogP contribution in [0.2, 0.25) is 0 Å². The number of rotatable bonds is 5. The molecule has 23 heavy (non-hydrogen) atoms. The van der Waals surface area contributed by atoms with E-state index in [2.05, 4.69) is 26.6 Å². The van der Waals surface area contributed by atoms with Crippen molar-refractivity contribution in [3.05, 3.63) is 53.0 Å². The Bertz CT molecular complexity index is 701. The molecule has 0 aliphatic heterocycles. The molecule has 0 aliphatic carbocycles. The van der Waals surface area contributed by atoms with Gasteiger partial charge in [-0.15, -0.1) is 0 Å². The third kappa shape index (κ3) is 5.41. The summed E-state index contributed by atoms with van der Waals surface area (Å²) in [6, 6.07) is 14.2. The van der Waals surface area contributed by atoms with Crippen molar-refractivity contribution in [1.29, 1.82) is 0 Å².